The molecule has 1 saturated carbocycles. The highest BCUT2D eigenvalue weighted by atomic mass is 32.2. The van der Waals surface area contributed by atoms with Gasteiger partial charge >= 0.3 is 5.97 Å². The highest BCUT2D eigenvalue weighted by Crippen LogP contribution is 2.26. The van der Waals surface area contributed by atoms with Crippen molar-refractivity contribution in [2.24, 2.45) is 5.92 Å². The van der Waals surface area contributed by atoms with E-state index < -0.39 is 50.3 Å². The molecule has 0 unspecified atom stereocenters. The Bertz CT molecular complexity index is 685. The van der Waals surface area contributed by atoms with Crippen molar-refractivity contribution in [3.63, 3.8) is 0 Å². The van der Waals surface area contributed by atoms with E-state index in [4.69, 9.17) is 5.11 Å². The lowest BCUT2D eigenvalue weighted by Gasteiger charge is -2.26. The Hall–Kier alpha value is -1.61. The van der Waals surface area contributed by atoms with E-state index in [0.717, 1.165) is 0 Å². The Morgan fingerprint density at radius 3 is 2.23 bits per heavy atom. The number of hydrogen-bond acceptors (Lipinski definition) is 3. The zero-order valence-corrected chi connectivity index (χ0v) is 12.2. The van der Waals surface area contributed by atoms with E-state index in [1.165, 1.54) is 0 Å². The molecule has 22 heavy (non-hydrogen) atoms. The number of carbonyl (C=O) groups is 1. The molecule has 1 fully saturated rings. The van der Waals surface area contributed by atoms with E-state index in [1.807, 2.05) is 0 Å². The van der Waals surface area contributed by atoms with E-state index in [0.29, 0.717) is 25.0 Å². The maximum Gasteiger partial charge on any atom is 0.306 e. The first-order chi connectivity index (χ1) is 10.2. The van der Waals surface area contributed by atoms with Crippen LogP contribution in [0.2, 0.25) is 0 Å². The highest BCUT2D eigenvalue weighted by Gasteiger charge is 2.31. The number of sulfonamides is 1. The van der Waals surface area contributed by atoms with Crippen molar-refractivity contribution >= 4 is 16.0 Å². The van der Waals surface area contributed by atoms with Crippen molar-refractivity contribution in [3.8, 4) is 0 Å². The molecule has 2 N–H and O–H groups in total. The SMILES string of the molecule is O=C(O)C1CCC(NS(=O)(=O)c2ccc(F)c(F)c2F)CC1. The van der Waals surface area contributed by atoms with Gasteiger partial charge in [-0.05, 0) is 37.8 Å². The summed E-state index contributed by atoms with van der Waals surface area (Å²) >= 11 is 0. The molecule has 0 aliphatic heterocycles. The Kier molecular flexibility index (Phi) is 4.76. The predicted octanol–water partition coefficient (Wildman–Crippen LogP) is 2.03. The molecular weight excluding hydrogens is 323 g/mol. The maximum atomic E-state index is 13.6. The molecule has 0 spiro atoms. The molecule has 0 saturated heterocycles. The van der Waals surface area contributed by atoms with Gasteiger partial charge in [0.05, 0.1) is 5.92 Å². The zero-order chi connectivity index (χ0) is 16.5. The number of carboxylic acid groups (broad SMARTS) is 1. The third-order valence-electron chi connectivity index (χ3n) is 3.69. The summed E-state index contributed by atoms with van der Waals surface area (Å²) in [4.78, 5) is 9.85. The van der Waals surface area contributed by atoms with Crippen LogP contribution in [-0.2, 0) is 14.8 Å². The summed E-state index contributed by atoms with van der Waals surface area (Å²) in [5.74, 6) is -6.56. The lowest BCUT2D eigenvalue weighted by molar-refractivity contribution is -0.142. The van der Waals surface area contributed by atoms with Crippen LogP contribution in [-0.4, -0.2) is 25.5 Å². The molecule has 0 heterocycles. The van der Waals surface area contributed by atoms with Gasteiger partial charge in [0.15, 0.2) is 17.5 Å². The molecule has 1 aliphatic rings. The first-order valence-electron chi connectivity index (χ1n) is 6.61. The number of benzene rings is 1. The fourth-order valence-corrected chi connectivity index (χ4v) is 3.83. The summed E-state index contributed by atoms with van der Waals surface area (Å²) in [6.45, 7) is 0. The Morgan fingerprint density at radius 2 is 1.68 bits per heavy atom. The van der Waals surface area contributed by atoms with Gasteiger partial charge < -0.3 is 5.11 Å². The number of halogens is 3. The molecular formula is C13H14F3NO4S. The van der Waals surface area contributed by atoms with E-state index in [2.05, 4.69) is 4.72 Å². The topological polar surface area (TPSA) is 83.5 Å². The molecule has 122 valence electrons. The molecule has 5 nitrogen and oxygen atoms in total. The highest BCUT2D eigenvalue weighted by molar-refractivity contribution is 7.89. The van der Waals surface area contributed by atoms with E-state index >= 15 is 0 Å². The number of carboxylic acids is 1. The van der Waals surface area contributed by atoms with Gasteiger partial charge in [-0.2, -0.15) is 0 Å². The molecule has 0 amide bonds. The van der Waals surface area contributed by atoms with Gasteiger partial charge in [-0.3, -0.25) is 4.79 Å². The molecule has 0 bridgehead atoms. The van der Waals surface area contributed by atoms with Gasteiger partial charge in [-0.1, -0.05) is 0 Å². The van der Waals surface area contributed by atoms with Gasteiger partial charge in [0.25, 0.3) is 0 Å². The average Bonchev–Trinajstić information content (AvgIpc) is 2.44. The first-order valence-corrected chi connectivity index (χ1v) is 8.09. The second-order valence-corrected chi connectivity index (χ2v) is 6.86. The van der Waals surface area contributed by atoms with Crippen molar-refractivity contribution in [2.45, 2.75) is 36.6 Å². The Labute approximate surface area is 125 Å². The van der Waals surface area contributed by atoms with Crippen molar-refractivity contribution in [3.05, 3.63) is 29.6 Å². The largest absolute Gasteiger partial charge is 0.481 e. The average molecular weight is 337 g/mol. The second-order valence-electron chi connectivity index (χ2n) is 5.18. The quantitative estimate of drug-likeness (QED) is 0.824. The van der Waals surface area contributed by atoms with E-state index in [-0.39, 0.29) is 12.8 Å². The molecule has 0 atom stereocenters. The van der Waals surface area contributed by atoms with Gasteiger partial charge in [-0.25, -0.2) is 26.3 Å². The molecule has 1 aromatic rings. The summed E-state index contributed by atoms with van der Waals surface area (Å²) in [7, 11) is -4.35. The van der Waals surface area contributed by atoms with Crippen LogP contribution in [0.5, 0.6) is 0 Å². The van der Waals surface area contributed by atoms with Crippen LogP contribution >= 0.6 is 0 Å². The number of aliphatic carboxylic acids is 1. The summed E-state index contributed by atoms with van der Waals surface area (Å²) in [5.41, 5.74) is 0. The van der Waals surface area contributed by atoms with Crippen LogP contribution in [0.4, 0.5) is 13.2 Å². The van der Waals surface area contributed by atoms with Crippen molar-refractivity contribution in [1.29, 1.82) is 0 Å². The van der Waals surface area contributed by atoms with E-state index in [1.54, 1.807) is 0 Å². The first kappa shape index (κ1) is 16.8. The summed E-state index contributed by atoms with van der Waals surface area (Å²) < 4.78 is 65.8. The van der Waals surface area contributed by atoms with Crippen molar-refractivity contribution in [1.82, 2.24) is 4.72 Å². The van der Waals surface area contributed by atoms with Crippen LogP contribution in [0.3, 0.4) is 0 Å². The standard InChI is InChI=1S/C13H14F3NO4S/c14-9-5-6-10(12(16)11(9)15)22(20,21)17-8-3-1-7(2-4-8)13(18)19/h5-8,17H,1-4H2,(H,18,19). The van der Waals surface area contributed by atoms with Crippen LogP contribution in [0.1, 0.15) is 25.7 Å². The lowest BCUT2D eigenvalue weighted by atomic mass is 9.87. The Morgan fingerprint density at radius 1 is 1.09 bits per heavy atom. The summed E-state index contributed by atoms with van der Waals surface area (Å²) in [6.07, 6.45) is 1.15. The second kappa shape index (κ2) is 6.25. The van der Waals surface area contributed by atoms with Gasteiger partial charge in [0, 0.05) is 6.04 Å². The molecule has 0 aromatic heterocycles. The number of nitrogens with one attached hydrogen (secondary N) is 1. The molecule has 0 radical (unpaired) electrons. The van der Waals surface area contributed by atoms with Crippen LogP contribution in [0, 0.1) is 23.4 Å². The summed E-state index contributed by atoms with van der Waals surface area (Å²) in [6, 6.07) is 0.626. The normalized spacial score (nSPS) is 22.5. The van der Waals surface area contributed by atoms with Crippen molar-refractivity contribution in [2.75, 3.05) is 0 Å². The molecule has 1 aliphatic carbocycles. The fraction of sp³-hybridized carbons (Fsp3) is 0.462. The van der Waals surface area contributed by atoms with E-state index in [9.17, 15) is 26.4 Å². The third-order valence-corrected chi connectivity index (χ3v) is 5.23. The van der Waals surface area contributed by atoms with Gasteiger partial charge in [0.1, 0.15) is 4.90 Å². The fourth-order valence-electron chi connectivity index (χ4n) is 2.46. The smallest absolute Gasteiger partial charge is 0.306 e. The monoisotopic (exact) mass is 337 g/mol. The molecule has 2 rings (SSSR count). The lowest BCUT2D eigenvalue weighted by Crippen LogP contribution is -2.39. The minimum Gasteiger partial charge on any atom is -0.481 e. The number of rotatable bonds is 4. The van der Waals surface area contributed by atoms with Gasteiger partial charge in [0.2, 0.25) is 10.0 Å². The summed E-state index contributed by atoms with van der Waals surface area (Å²) in [5, 5.41) is 8.86. The third kappa shape index (κ3) is 3.41. The number of hydrogen-bond donors (Lipinski definition) is 2. The minimum atomic E-state index is -4.35. The minimum absolute atomic E-state index is 0.279. The molecule has 1 aromatic carbocycles. The van der Waals surface area contributed by atoms with Crippen molar-refractivity contribution < 1.29 is 31.5 Å². The van der Waals surface area contributed by atoms with Crippen LogP contribution in [0.25, 0.3) is 0 Å². The van der Waals surface area contributed by atoms with Gasteiger partial charge in [-0.15, -0.1) is 0 Å². The molecule has 9 heteroatoms. The predicted molar refractivity (Wildman–Crippen MR) is 70.0 cm³/mol. The Balaban J connectivity index is 2.13. The maximum absolute atomic E-state index is 13.6. The zero-order valence-electron chi connectivity index (χ0n) is 11.4. The van der Waals surface area contributed by atoms with Crippen LogP contribution in [0.15, 0.2) is 17.0 Å². The van der Waals surface area contributed by atoms with Crippen LogP contribution < -0.4 is 4.72 Å².